The number of carboxylic acids is 1. The summed E-state index contributed by atoms with van der Waals surface area (Å²) < 4.78 is 0. The van der Waals surface area contributed by atoms with Crippen molar-refractivity contribution in [2.45, 2.75) is 77.5 Å². The van der Waals surface area contributed by atoms with Gasteiger partial charge in [-0.3, -0.25) is 14.4 Å². The Morgan fingerprint density at radius 2 is 1.82 bits per heavy atom. The molecular weight excluding hydrogens is 428 g/mol. The number of aromatic nitrogens is 2. The lowest BCUT2D eigenvalue weighted by molar-refractivity contribution is -0.144. The molecule has 3 amide bonds. The highest BCUT2D eigenvalue weighted by molar-refractivity contribution is 5.94. The van der Waals surface area contributed by atoms with Crippen LogP contribution >= 0.6 is 0 Å². The van der Waals surface area contributed by atoms with E-state index in [1.807, 2.05) is 6.92 Å². The standard InChI is InChI=1S/C22H36N6O5/c1-5-13(4)18(21(31)27-17(12(2)3)22(32)33)28-20(30)16(9-14-10-23-11-25-14)26-19(29)15-7-6-8-24-15/h10-13,15-18,24H,5-9H2,1-4H3,(H,23,25)(H,26,29)(H,27,31)(H,28,30)(H,32,33). The summed E-state index contributed by atoms with van der Waals surface area (Å²) in [6.45, 7) is 7.82. The Morgan fingerprint density at radius 3 is 2.33 bits per heavy atom. The molecule has 33 heavy (non-hydrogen) atoms. The van der Waals surface area contributed by atoms with E-state index in [1.54, 1.807) is 27.0 Å². The summed E-state index contributed by atoms with van der Waals surface area (Å²) >= 11 is 0. The Morgan fingerprint density at radius 1 is 1.12 bits per heavy atom. The third kappa shape index (κ3) is 7.55. The van der Waals surface area contributed by atoms with E-state index < -0.39 is 35.9 Å². The number of nitrogens with zero attached hydrogens (tertiary/aromatic N) is 1. The molecule has 1 aromatic rings. The number of aliphatic carboxylic acids is 1. The van der Waals surface area contributed by atoms with Crippen LogP contribution < -0.4 is 21.3 Å². The molecule has 2 rings (SSSR count). The molecule has 0 bridgehead atoms. The van der Waals surface area contributed by atoms with Gasteiger partial charge in [0.1, 0.15) is 18.1 Å². The molecule has 1 saturated heterocycles. The second-order valence-corrected chi connectivity index (χ2v) is 8.93. The van der Waals surface area contributed by atoms with Crippen LogP contribution in [0.5, 0.6) is 0 Å². The minimum Gasteiger partial charge on any atom is -0.480 e. The monoisotopic (exact) mass is 464 g/mol. The lowest BCUT2D eigenvalue weighted by atomic mass is 9.96. The van der Waals surface area contributed by atoms with Crippen LogP contribution in [0.1, 0.15) is 52.7 Å². The van der Waals surface area contributed by atoms with Gasteiger partial charge in [-0.15, -0.1) is 0 Å². The summed E-state index contributed by atoms with van der Waals surface area (Å²) in [6, 6.07) is -3.32. The molecule has 0 aromatic carbocycles. The van der Waals surface area contributed by atoms with Crippen molar-refractivity contribution in [1.82, 2.24) is 31.2 Å². The van der Waals surface area contributed by atoms with E-state index in [0.717, 1.165) is 13.0 Å². The molecule has 5 unspecified atom stereocenters. The first-order chi connectivity index (χ1) is 15.6. The molecule has 1 fully saturated rings. The minimum atomic E-state index is -1.14. The van der Waals surface area contributed by atoms with Gasteiger partial charge in [0, 0.05) is 18.3 Å². The predicted molar refractivity (Wildman–Crippen MR) is 121 cm³/mol. The number of hydrogen-bond donors (Lipinski definition) is 6. The van der Waals surface area contributed by atoms with Crippen molar-refractivity contribution in [3.8, 4) is 0 Å². The van der Waals surface area contributed by atoms with E-state index in [2.05, 4.69) is 31.2 Å². The molecule has 0 saturated carbocycles. The first kappa shape index (κ1) is 26.3. The minimum absolute atomic E-state index is 0.170. The summed E-state index contributed by atoms with van der Waals surface area (Å²) in [7, 11) is 0. The fraction of sp³-hybridized carbons (Fsp3) is 0.682. The van der Waals surface area contributed by atoms with Crippen molar-refractivity contribution >= 4 is 23.7 Å². The number of aromatic amines is 1. The zero-order chi connectivity index (χ0) is 24.5. The maximum absolute atomic E-state index is 13.2. The Kier molecular flexibility index (Phi) is 9.83. The number of imidazole rings is 1. The molecule has 1 aromatic heterocycles. The molecule has 0 aliphatic carbocycles. The highest BCUT2D eigenvalue weighted by atomic mass is 16.4. The van der Waals surface area contributed by atoms with Crippen molar-refractivity contribution in [1.29, 1.82) is 0 Å². The normalized spacial score (nSPS) is 19.4. The highest BCUT2D eigenvalue weighted by Crippen LogP contribution is 2.12. The van der Waals surface area contributed by atoms with Gasteiger partial charge in [0.25, 0.3) is 0 Å². The molecule has 6 N–H and O–H groups in total. The Balaban J connectivity index is 2.17. The summed E-state index contributed by atoms with van der Waals surface area (Å²) in [6.07, 6.45) is 5.38. The van der Waals surface area contributed by atoms with Gasteiger partial charge in [0.05, 0.1) is 12.4 Å². The second-order valence-electron chi connectivity index (χ2n) is 8.93. The number of carbonyl (C=O) groups is 4. The maximum atomic E-state index is 13.2. The molecule has 1 aliphatic heterocycles. The van der Waals surface area contributed by atoms with Gasteiger partial charge in [-0.2, -0.15) is 0 Å². The van der Waals surface area contributed by atoms with Crippen molar-refractivity contribution in [2.75, 3.05) is 6.54 Å². The SMILES string of the molecule is CCC(C)C(NC(=O)C(Cc1cnc[nH]1)NC(=O)C1CCCN1)C(=O)NC(C(=O)O)C(C)C. The van der Waals surface area contributed by atoms with Gasteiger partial charge in [-0.05, 0) is 31.2 Å². The van der Waals surface area contributed by atoms with Crippen LogP contribution in [0.3, 0.4) is 0 Å². The Hall–Kier alpha value is -2.95. The number of amides is 3. The van der Waals surface area contributed by atoms with E-state index in [9.17, 15) is 24.3 Å². The van der Waals surface area contributed by atoms with Crippen LogP contribution in [-0.4, -0.2) is 69.5 Å². The summed E-state index contributed by atoms with van der Waals surface area (Å²) in [5, 5.41) is 20.6. The van der Waals surface area contributed by atoms with E-state index in [-0.39, 0.29) is 30.2 Å². The van der Waals surface area contributed by atoms with Crippen LogP contribution in [0.2, 0.25) is 0 Å². The first-order valence-electron chi connectivity index (χ1n) is 11.5. The van der Waals surface area contributed by atoms with Crippen LogP contribution in [0, 0.1) is 11.8 Å². The molecule has 0 spiro atoms. The largest absolute Gasteiger partial charge is 0.480 e. The molecule has 11 nitrogen and oxygen atoms in total. The van der Waals surface area contributed by atoms with Crippen molar-refractivity contribution in [3.63, 3.8) is 0 Å². The smallest absolute Gasteiger partial charge is 0.326 e. The van der Waals surface area contributed by atoms with Gasteiger partial charge < -0.3 is 31.4 Å². The molecular formula is C22H36N6O5. The van der Waals surface area contributed by atoms with E-state index in [4.69, 9.17) is 0 Å². The number of H-pyrrole nitrogens is 1. The predicted octanol–water partition coefficient (Wildman–Crippen LogP) is -0.0547. The van der Waals surface area contributed by atoms with Gasteiger partial charge in [-0.1, -0.05) is 34.1 Å². The van der Waals surface area contributed by atoms with Crippen molar-refractivity contribution in [2.24, 2.45) is 11.8 Å². The van der Waals surface area contributed by atoms with Gasteiger partial charge in [0.2, 0.25) is 17.7 Å². The number of rotatable bonds is 12. The average Bonchev–Trinajstić information content (AvgIpc) is 3.48. The average molecular weight is 465 g/mol. The summed E-state index contributed by atoms with van der Waals surface area (Å²) in [5.74, 6) is -3.08. The van der Waals surface area contributed by atoms with Gasteiger partial charge in [-0.25, -0.2) is 9.78 Å². The zero-order valence-corrected chi connectivity index (χ0v) is 19.7. The Bertz CT molecular complexity index is 806. The fourth-order valence-corrected chi connectivity index (χ4v) is 3.72. The van der Waals surface area contributed by atoms with Crippen LogP contribution in [-0.2, 0) is 25.6 Å². The van der Waals surface area contributed by atoms with Gasteiger partial charge in [0.15, 0.2) is 0 Å². The number of carboxylic acid groups (broad SMARTS) is 1. The molecule has 184 valence electrons. The number of carbonyl (C=O) groups excluding carboxylic acids is 3. The molecule has 2 heterocycles. The summed E-state index contributed by atoms with van der Waals surface area (Å²) in [4.78, 5) is 57.3. The lowest BCUT2D eigenvalue weighted by Crippen LogP contribution is -2.59. The number of hydrogen-bond acceptors (Lipinski definition) is 6. The quantitative estimate of drug-likeness (QED) is 0.252. The third-order valence-corrected chi connectivity index (χ3v) is 6.01. The third-order valence-electron chi connectivity index (χ3n) is 6.01. The van der Waals surface area contributed by atoms with E-state index >= 15 is 0 Å². The van der Waals surface area contributed by atoms with Crippen LogP contribution in [0.25, 0.3) is 0 Å². The number of nitrogens with one attached hydrogen (secondary N) is 5. The Labute approximate surface area is 193 Å². The molecule has 0 radical (unpaired) electrons. The highest BCUT2D eigenvalue weighted by Gasteiger charge is 2.34. The van der Waals surface area contributed by atoms with E-state index in [1.165, 1.54) is 6.33 Å². The molecule has 5 atom stereocenters. The van der Waals surface area contributed by atoms with Crippen LogP contribution in [0.15, 0.2) is 12.5 Å². The topological polar surface area (TPSA) is 165 Å². The fourth-order valence-electron chi connectivity index (χ4n) is 3.72. The van der Waals surface area contributed by atoms with E-state index in [0.29, 0.717) is 18.5 Å². The maximum Gasteiger partial charge on any atom is 0.326 e. The lowest BCUT2D eigenvalue weighted by Gasteiger charge is -2.28. The molecule has 1 aliphatic rings. The second kappa shape index (κ2) is 12.3. The van der Waals surface area contributed by atoms with Crippen LogP contribution in [0.4, 0.5) is 0 Å². The first-order valence-corrected chi connectivity index (χ1v) is 11.5. The van der Waals surface area contributed by atoms with Crippen molar-refractivity contribution < 1.29 is 24.3 Å². The van der Waals surface area contributed by atoms with Crippen molar-refractivity contribution in [3.05, 3.63) is 18.2 Å². The zero-order valence-electron chi connectivity index (χ0n) is 19.7. The summed E-state index contributed by atoms with van der Waals surface area (Å²) in [5.41, 5.74) is 0.658. The molecule has 11 heteroatoms. The van der Waals surface area contributed by atoms with Gasteiger partial charge >= 0.3 is 5.97 Å².